The zero-order valence-electron chi connectivity index (χ0n) is 9.51. The second kappa shape index (κ2) is 4.23. The van der Waals surface area contributed by atoms with E-state index in [-0.39, 0.29) is 5.91 Å². The SMILES string of the molecule is Cc1cnc(NC(=O)c2ccc3ocnc3c2)s1. The first-order valence-corrected chi connectivity index (χ1v) is 6.11. The lowest BCUT2D eigenvalue weighted by Crippen LogP contribution is -2.11. The lowest BCUT2D eigenvalue weighted by molar-refractivity contribution is 0.102. The number of amides is 1. The molecule has 0 unspecified atom stereocenters. The van der Waals surface area contributed by atoms with Crippen molar-refractivity contribution in [3.8, 4) is 0 Å². The first-order valence-electron chi connectivity index (χ1n) is 5.29. The van der Waals surface area contributed by atoms with Crippen LogP contribution in [0.3, 0.4) is 0 Å². The van der Waals surface area contributed by atoms with Crippen LogP contribution in [0.1, 0.15) is 15.2 Å². The van der Waals surface area contributed by atoms with Gasteiger partial charge in [0.05, 0.1) is 0 Å². The molecule has 0 radical (unpaired) electrons. The number of hydrogen-bond donors (Lipinski definition) is 1. The van der Waals surface area contributed by atoms with E-state index in [2.05, 4.69) is 15.3 Å². The Hall–Kier alpha value is -2.21. The monoisotopic (exact) mass is 259 g/mol. The summed E-state index contributed by atoms with van der Waals surface area (Å²) in [6.45, 7) is 1.94. The van der Waals surface area contributed by atoms with E-state index in [0.717, 1.165) is 4.88 Å². The molecule has 0 aliphatic carbocycles. The average molecular weight is 259 g/mol. The third kappa shape index (κ3) is 1.98. The highest BCUT2D eigenvalue weighted by Gasteiger charge is 2.10. The molecule has 0 bridgehead atoms. The Morgan fingerprint density at radius 2 is 2.28 bits per heavy atom. The van der Waals surface area contributed by atoms with E-state index in [4.69, 9.17) is 4.42 Å². The van der Waals surface area contributed by atoms with Gasteiger partial charge in [0, 0.05) is 16.6 Å². The van der Waals surface area contributed by atoms with Gasteiger partial charge in [-0.25, -0.2) is 9.97 Å². The lowest BCUT2D eigenvalue weighted by atomic mass is 10.2. The molecule has 0 saturated heterocycles. The number of nitrogens with one attached hydrogen (secondary N) is 1. The molecule has 0 aliphatic heterocycles. The summed E-state index contributed by atoms with van der Waals surface area (Å²) in [5.74, 6) is -0.200. The van der Waals surface area contributed by atoms with Crippen molar-refractivity contribution < 1.29 is 9.21 Å². The van der Waals surface area contributed by atoms with Gasteiger partial charge in [-0.05, 0) is 25.1 Å². The highest BCUT2D eigenvalue weighted by molar-refractivity contribution is 7.15. The molecule has 0 fully saturated rings. The van der Waals surface area contributed by atoms with Gasteiger partial charge in [0.15, 0.2) is 17.1 Å². The van der Waals surface area contributed by atoms with Crippen LogP contribution in [-0.2, 0) is 0 Å². The molecule has 90 valence electrons. The van der Waals surface area contributed by atoms with Crippen LogP contribution in [0.25, 0.3) is 11.1 Å². The van der Waals surface area contributed by atoms with Crippen molar-refractivity contribution in [3.63, 3.8) is 0 Å². The Labute approximate surface area is 106 Å². The predicted molar refractivity (Wildman–Crippen MR) is 68.8 cm³/mol. The molecule has 1 aromatic carbocycles. The van der Waals surface area contributed by atoms with Crippen LogP contribution in [0, 0.1) is 6.92 Å². The van der Waals surface area contributed by atoms with Crippen LogP contribution >= 0.6 is 11.3 Å². The van der Waals surface area contributed by atoms with Crippen molar-refractivity contribution >= 4 is 33.5 Å². The Morgan fingerprint density at radius 3 is 3.06 bits per heavy atom. The molecule has 3 rings (SSSR count). The molecule has 3 aromatic rings. The predicted octanol–water partition coefficient (Wildman–Crippen LogP) is 2.85. The topological polar surface area (TPSA) is 68.0 Å². The number of aromatic nitrogens is 2. The van der Waals surface area contributed by atoms with Crippen molar-refractivity contribution in [2.45, 2.75) is 6.92 Å². The highest BCUT2D eigenvalue weighted by atomic mass is 32.1. The summed E-state index contributed by atoms with van der Waals surface area (Å²) in [7, 11) is 0. The van der Waals surface area contributed by atoms with Crippen LogP contribution in [0.5, 0.6) is 0 Å². The van der Waals surface area contributed by atoms with Crippen LogP contribution in [0.4, 0.5) is 5.13 Å². The molecule has 18 heavy (non-hydrogen) atoms. The summed E-state index contributed by atoms with van der Waals surface area (Å²) in [6.07, 6.45) is 3.08. The summed E-state index contributed by atoms with van der Waals surface area (Å²) in [5, 5.41) is 3.34. The number of benzene rings is 1. The maximum absolute atomic E-state index is 12.0. The maximum Gasteiger partial charge on any atom is 0.257 e. The van der Waals surface area contributed by atoms with E-state index in [1.165, 1.54) is 17.7 Å². The van der Waals surface area contributed by atoms with Gasteiger partial charge in [0.25, 0.3) is 5.91 Å². The molecule has 0 saturated carbocycles. The Kier molecular flexibility index (Phi) is 2.56. The molecular formula is C12H9N3O2S. The fourth-order valence-corrected chi connectivity index (χ4v) is 2.24. The van der Waals surface area contributed by atoms with Crippen molar-refractivity contribution in [2.24, 2.45) is 0 Å². The van der Waals surface area contributed by atoms with E-state index in [1.807, 2.05) is 6.92 Å². The van der Waals surface area contributed by atoms with Gasteiger partial charge in [0.1, 0.15) is 5.52 Å². The summed E-state index contributed by atoms with van der Waals surface area (Å²) in [6, 6.07) is 5.11. The van der Waals surface area contributed by atoms with E-state index in [9.17, 15) is 4.79 Å². The van der Waals surface area contributed by atoms with Crippen LogP contribution in [0.15, 0.2) is 35.2 Å². The average Bonchev–Trinajstić information content (AvgIpc) is 2.96. The molecule has 5 nitrogen and oxygen atoms in total. The number of carbonyl (C=O) groups is 1. The Balaban J connectivity index is 1.87. The smallest absolute Gasteiger partial charge is 0.257 e. The quantitative estimate of drug-likeness (QED) is 0.768. The zero-order chi connectivity index (χ0) is 12.5. The molecular weight excluding hydrogens is 250 g/mol. The number of anilines is 1. The molecule has 2 aromatic heterocycles. The number of thiazole rings is 1. The number of nitrogens with zero attached hydrogens (tertiary/aromatic N) is 2. The third-order valence-electron chi connectivity index (χ3n) is 2.43. The first kappa shape index (κ1) is 10.9. The molecule has 1 amide bonds. The molecule has 2 heterocycles. The fourth-order valence-electron chi connectivity index (χ4n) is 1.58. The summed E-state index contributed by atoms with van der Waals surface area (Å²) in [5.41, 5.74) is 1.86. The Bertz CT molecular complexity index is 717. The summed E-state index contributed by atoms with van der Waals surface area (Å²) < 4.78 is 5.12. The largest absolute Gasteiger partial charge is 0.443 e. The number of carbonyl (C=O) groups excluding carboxylic acids is 1. The van der Waals surface area contributed by atoms with Crippen LogP contribution < -0.4 is 5.32 Å². The van der Waals surface area contributed by atoms with Gasteiger partial charge in [-0.2, -0.15) is 0 Å². The van der Waals surface area contributed by atoms with Gasteiger partial charge in [-0.1, -0.05) is 0 Å². The molecule has 6 heteroatoms. The zero-order valence-corrected chi connectivity index (χ0v) is 10.3. The van der Waals surface area contributed by atoms with E-state index in [1.54, 1.807) is 24.4 Å². The van der Waals surface area contributed by atoms with Crippen molar-refractivity contribution in [1.82, 2.24) is 9.97 Å². The molecule has 0 spiro atoms. The van der Waals surface area contributed by atoms with Gasteiger partial charge in [-0.3, -0.25) is 10.1 Å². The lowest BCUT2D eigenvalue weighted by Gasteiger charge is -2.00. The summed E-state index contributed by atoms with van der Waals surface area (Å²) >= 11 is 1.44. The second-order valence-corrected chi connectivity index (χ2v) is 5.00. The minimum atomic E-state index is -0.200. The molecule has 0 atom stereocenters. The first-order chi connectivity index (χ1) is 8.72. The van der Waals surface area contributed by atoms with E-state index >= 15 is 0 Å². The minimum absolute atomic E-state index is 0.200. The van der Waals surface area contributed by atoms with Gasteiger partial charge in [-0.15, -0.1) is 11.3 Å². The van der Waals surface area contributed by atoms with Gasteiger partial charge in [0.2, 0.25) is 0 Å². The summed E-state index contributed by atoms with van der Waals surface area (Å²) in [4.78, 5) is 21.1. The van der Waals surface area contributed by atoms with Crippen molar-refractivity contribution in [1.29, 1.82) is 0 Å². The number of rotatable bonds is 2. The van der Waals surface area contributed by atoms with Crippen molar-refractivity contribution in [2.75, 3.05) is 5.32 Å². The van der Waals surface area contributed by atoms with E-state index < -0.39 is 0 Å². The fraction of sp³-hybridized carbons (Fsp3) is 0.0833. The maximum atomic E-state index is 12.0. The second-order valence-electron chi connectivity index (χ2n) is 3.77. The normalized spacial score (nSPS) is 10.7. The van der Waals surface area contributed by atoms with Crippen LogP contribution in [-0.4, -0.2) is 15.9 Å². The minimum Gasteiger partial charge on any atom is -0.443 e. The highest BCUT2D eigenvalue weighted by Crippen LogP contribution is 2.19. The number of fused-ring (bicyclic) bond motifs is 1. The molecule has 1 N–H and O–H groups in total. The number of hydrogen-bond acceptors (Lipinski definition) is 5. The van der Waals surface area contributed by atoms with Gasteiger partial charge >= 0.3 is 0 Å². The van der Waals surface area contributed by atoms with Crippen LogP contribution in [0.2, 0.25) is 0 Å². The van der Waals surface area contributed by atoms with Crippen molar-refractivity contribution in [3.05, 3.63) is 41.2 Å². The number of aryl methyl sites for hydroxylation is 1. The third-order valence-corrected chi connectivity index (χ3v) is 3.26. The van der Waals surface area contributed by atoms with Gasteiger partial charge < -0.3 is 4.42 Å². The Morgan fingerprint density at radius 1 is 1.39 bits per heavy atom. The number of oxazole rings is 1. The van der Waals surface area contributed by atoms with E-state index in [0.29, 0.717) is 21.8 Å². The standard InChI is InChI=1S/C12H9N3O2S/c1-7-5-13-12(18-7)15-11(16)8-2-3-10-9(4-8)14-6-17-10/h2-6H,1H3,(H,13,15,16). The molecule has 0 aliphatic rings.